The molecule has 2 heterocycles. The van der Waals surface area contributed by atoms with Gasteiger partial charge < -0.3 is 14.8 Å². The van der Waals surface area contributed by atoms with Crippen LogP contribution in [-0.4, -0.2) is 26.8 Å². The fraction of sp³-hybridized carbons (Fsp3) is 0.438. The van der Waals surface area contributed by atoms with Crippen LogP contribution in [0.5, 0.6) is 0 Å². The van der Waals surface area contributed by atoms with Crippen molar-refractivity contribution in [1.29, 1.82) is 0 Å². The van der Waals surface area contributed by atoms with Crippen molar-refractivity contribution in [2.75, 3.05) is 0 Å². The molecule has 0 aliphatic carbocycles. The normalized spacial score (nSPS) is 12.2. The first-order valence-electron chi connectivity index (χ1n) is 7.32. The van der Waals surface area contributed by atoms with Crippen LogP contribution in [0.1, 0.15) is 51.7 Å². The zero-order valence-corrected chi connectivity index (χ0v) is 13.9. The Morgan fingerprint density at radius 1 is 1.39 bits per heavy atom. The quantitative estimate of drug-likeness (QED) is 0.879. The van der Waals surface area contributed by atoms with Gasteiger partial charge in [-0.2, -0.15) is 5.10 Å². The number of nitrogens with one attached hydrogen (secondary N) is 1. The van der Waals surface area contributed by atoms with E-state index in [9.17, 15) is 9.59 Å². The van der Waals surface area contributed by atoms with Crippen molar-refractivity contribution in [2.24, 2.45) is 7.05 Å². The Labute approximate surface area is 134 Å². The molecule has 1 atom stereocenters. The van der Waals surface area contributed by atoms with Gasteiger partial charge in [0.1, 0.15) is 17.1 Å². The second-order valence-corrected chi connectivity index (χ2v) is 5.64. The van der Waals surface area contributed by atoms with Crippen LogP contribution in [0.3, 0.4) is 0 Å². The van der Waals surface area contributed by atoms with Crippen molar-refractivity contribution < 1.29 is 19.1 Å². The lowest BCUT2D eigenvalue weighted by Gasteiger charge is -2.12. The minimum absolute atomic E-state index is 0.112. The highest BCUT2D eigenvalue weighted by Crippen LogP contribution is 2.23. The number of carbonyl (C=O) groups is 2. The van der Waals surface area contributed by atoms with E-state index in [0.29, 0.717) is 11.5 Å². The molecule has 23 heavy (non-hydrogen) atoms. The van der Waals surface area contributed by atoms with Gasteiger partial charge in [-0.05, 0) is 33.8 Å². The molecule has 1 amide bonds. The van der Waals surface area contributed by atoms with Gasteiger partial charge >= 0.3 is 5.97 Å². The molecule has 7 nitrogen and oxygen atoms in total. The zero-order valence-electron chi connectivity index (χ0n) is 13.9. The second-order valence-electron chi connectivity index (χ2n) is 5.64. The molecule has 0 radical (unpaired) electrons. The predicted molar refractivity (Wildman–Crippen MR) is 83.3 cm³/mol. The van der Waals surface area contributed by atoms with E-state index in [-0.39, 0.29) is 23.9 Å². The van der Waals surface area contributed by atoms with Crippen LogP contribution in [-0.2, 0) is 18.4 Å². The molecule has 0 aromatic carbocycles. The molecule has 0 spiro atoms. The Hall–Kier alpha value is -2.57. The second kappa shape index (κ2) is 6.28. The number of aromatic nitrogens is 2. The topological polar surface area (TPSA) is 97.4 Å². The number of hydrogen-bond donors (Lipinski definition) is 2. The van der Waals surface area contributed by atoms with Gasteiger partial charge in [0, 0.05) is 18.3 Å². The summed E-state index contributed by atoms with van der Waals surface area (Å²) in [5, 5.41) is 16.1. The van der Waals surface area contributed by atoms with Gasteiger partial charge in [0.2, 0.25) is 5.91 Å². The summed E-state index contributed by atoms with van der Waals surface area (Å²) < 4.78 is 7.10. The Bertz CT molecular complexity index is 758. The van der Waals surface area contributed by atoms with Gasteiger partial charge in [0.05, 0.1) is 18.2 Å². The highest BCUT2D eigenvalue weighted by atomic mass is 16.4. The number of rotatable bonds is 5. The van der Waals surface area contributed by atoms with Crippen LogP contribution in [0.4, 0.5) is 0 Å². The lowest BCUT2D eigenvalue weighted by atomic mass is 9.98. The van der Waals surface area contributed by atoms with Crippen LogP contribution in [0.25, 0.3) is 0 Å². The number of carboxylic acid groups (broad SMARTS) is 1. The Morgan fingerprint density at radius 3 is 2.52 bits per heavy atom. The van der Waals surface area contributed by atoms with Crippen LogP contribution in [0.15, 0.2) is 10.5 Å². The van der Waals surface area contributed by atoms with E-state index in [4.69, 9.17) is 9.52 Å². The number of nitrogens with zero attached hydrogens (tertiary/aromatic N) is 2. The summed E-state index contributed by atoms with van der Waals surface area (Å²) in [6.07, 6.45) is 0. The molecule has 2 N–H and O–H groups in total. The lowest BCUT2D eigenvalue weighted by molar-refractivity contribution is -0.122. The Kier molecular flexibility index (Phi) is 4.58. The Balaban J connectivity index is 2.07. The third-order valence-electron chi connectivity index (χ3n) is 4.03. The minimum atomic E-state index is -1.04. The van der Waals surface area contributed by atoms with Crippen LogP contribution in [0, 0.1) is 20.8 Å². The van der Waals surface area contributed by atoms with Crippen LogP contribution in [0.2, 0.25) is 0 Å². The smallest absolute Gasteiger partial charge is 0.339 e. The number of aromatic carboxylic acids is 1. The van der Waals surface area contributed by atoms with Crippen molar-refractivity contribution in [2.45, 2.75) is 40.2 Å². The summed E-state index contributed by atoms with van der Waals surface area (Å²) in [6.45, 7) is 7.35. The minimum Gasteiger partial charge on any atom is -0.478 e. The van der Waals surface area contributed by atoms with E-state index in [2.05, 4.69) is 10.4 Å². The van der Waals surface area contributed by atoms with Gasteiger partial charge in [-0.15, -0.1) is 0 Å². The summed E-state index contributed by atoms with van der Waals surface area (Å²) in [7, 11) is 1.84. The molecular formula is C16H21N3O4. The summed E-state index contributed by atoms with van der Waals surface area (Å²) >= 11 is 0. The van der Waals surface area contributed by atoms with E-state index in [1.165, 1.54) is 6.07 Å². The number of carboxylic acids is 1. The first-order valence-corrected chi connectivity index (χ1v) is 7.32. The third-order valence-corrected chi connectivity index (χ3v) is 4.03. The largest absolute Gasteiger partial charge is 0.478 e. The van der Waals surface area contributed by atoms with E-state index in [1.54, 1.807) is 11.6 Å². The first-order chi connectivity index (χ1) is 10.7. The van der Waals surface area contributed by atoms with Gasteiger partial charge in [0.15, 0.2) is 0 Å². The van der Waals surface area contributed by atoms with Crippen LogP contribution >= 0.6 is 0 Å². The predicted octanol–water partition coefficient (Wildman–Crippen LogP) is 2.06. The maximum absolute atomic E-state index is 12.3. The van der Waals surface area contributed by atoms with E-state index < -0.39 is 5.97 Å². The highest BCUT2D eigenvalue weighted by Gasteiger charge is 2.23. The standard InChI is InChI=1S/C16H21N3O4/c1-8(14-9(2)18-19(5)10(14)3)15(20)17-7-12-6-13(16(21)22)11(4)23-12/h6,8H,7H2,1-5H3,(H,17,20)(H,21,22). The molecule has 0 aliphatic rings. The van der Waals surface area contributed by atoms with Crippen molar-refractivity contribution in [1.82, 2.24) is 15.1 Å². The van der Waals surface area contributed by atoms with Crippen molar-refractivity contribution >= 4 is 11.9 Å². The van der Waals surface area contributed by atoms with Gasteiger partial charge in [-0.1, -0.05) is 0 Å². The number of furan rings is 1. The van der Waals surface area contributed by atoms with Gasteiger partial charge in [-0.25, -0.2) is 4.79 Å². The molecule has 0 saturated carbocycles. The van der Waals surface area contributed by atoms with Crippen LogP contribution < -0.4 is 5.32 Å². The van der Waals surface area contributed by atoms with Gasteiger partial charge in [0.25, 0.3) is 0 Å². The molecule has 2 rings (SSSR count). The molecule has 0 bridgehead atoms. The molecule has 2 aromatic rings. The van der Waals surface area contributed by atoms with Gasteiger partial charge in [-0.3, -0.25) is 9.48 Å². The third kappa shape index (κ3) is 3.28. The average Bonchev–Trinajstić information content (AvgIpc) is 2.96. The fourth-order valence-corrected chi connectivity index (χ4v) is 2.72. The highest BCUT2D eigenvalue weighted by molar-refractivity contribution is 5.89. The molecule has 0 saturated heterocycles. The maximum atomic E-state index is 12.3. The number of amides is 1. The number of hydrogen-bond acceptors (Lipinski definition) is 4. The average molecular weight is 319 g/mol. The number of aryl methyl sites for hydroxylation is 3. The first kappa shape index (κ1) is 16.8. The maximum Gasteiger partial charge on any atom is 0.339 e. The summed E-state index contributed by atoms with van der Waals surface area (Å²) in [4.78, 5) is 23.3. The molecule has 7 heteroatoms. The zero-order chi connectivity index (χ0) is 17.3. The van der Waals surface area contributed by atoms with Crippen molar-refractivity contribution in [3.05, 3.63) is 40.1 Å². The molecule has 0 fully saturated rings. The summed E-state index contributed by atoms with van der Waals surface area (Å²) in [6, 6.07) is 1.43. The lowest BCUT2D eigenvalue weighted by Crippen LogP contribution is -2.28. The summed E-state index contributed by atoms with van der Waals surface area (Å²) in [5.74, 6) is -0.804. The molecule has 2 aromatic heterocycles. The fourth-order valence-electron chi connectivity index (χ4n) is 2.72. The Morgan fingerprint density at radius 2 is 2.04 bits per heavy atom. The van der Waals surface area contributed by atoms with Crippen molar-refractivity contribution in [3.8, 4) is 0 Å². The van der Waals surface area contributed by atoms with Crippen molar-refractivity contribution in [3.63, 3.8) is 0 Å². The van der Waals surface area contributed by atoms with E-state index in [1.807, 2.05) is 27.8 Å². The molecular weight excluding hydrogens is 298 g/mol. The number of carbonyl (C=O) groups excluding carboxylic acids is 1. The van der Waals surface area contributed by atoms with E-state index >= 15 is 0 Å². The van der Waals surface area contributed by atoms with E-state index in [0.717, 1.165) is 17.0 Å². The summed E-state index contributed by atoms with van der Waals surface area (Å²) in [5.41, 5.74) is 2.80. The SMILES string of the molecule is Cc1nn(C)c(C)c1C(C)C(=O)NCc1cc(C(=O)O)c(C)o1. The monoisotopic (exact) mass is 319 g/mol. The molecule has 1 unspecified atom stereocenters. The molecule has 0 aliphatic heterocycles. The molecule has 124 valence electrons.